The van der Waals surface area contributed by atoms with Crippen LogP contribution >= 0.6 is 0 Å². The monoisotopic (exact) mass is 318 g/mol. The van der Waals surface area contributed by atoms with Crippen LogP contribution in [-0.4, -0.2) is 9.97 Å². The molecule has 1 aromatic carbocycles. The molecule has 0 bridgehead atoms. The van der Waals surface area contributed by atoms with Crippen LogP contribution in [0.25, 0.3) is 0 Å². The van der Waals surface area contributed by atoms with Crippen LogP contribution in [0.2, 0.25) is 0 Å². The smallest absolute Gasteiger partial charge is 0.0422 e. The zero-order chi connectivity index (χ0) is 16.8. The average molecular weight is 318 g/mol. The molecule has 0 aliphatic carbocycles. The minimum atomic E-state index is -0.0686. The number of hydrogen-bond acceptors (Lipinski definition) is 4. The van der Waals surface area contributed by atoms with Gasteiger partial charge in [0.1, 0.15) is 0 Å². The van der Waals surface area contributed by atoms with Gasteiger partial charge in [0, 0.05) is 48.7 Å². The Kier molecular flexibility index (Phi) is 5.31. The van der Waals surface area contributed by atoms with Gasteiger partial charge in [-0.3, -0.25) is 9.97 Å². The van der Waals surface area contributed by atoms with Gasteiger partial charge in [-0.25, -0.2) is 0 Å². The fourth-order valence-corrected chi connectivity index (χ4v) is 2.71. The van der Waals surface area contributed by atoms with Crippen molar-refractivity contribution in [1.29, 1.82) is 0 Å². The van der Waals surface area contributed by atoms with Crippen molar-refractivity contribution in [2.45, 2.75) is 24.9 Å². The van der Waals surface area contributed by atoms with Gasteiger partial charge in [0.05, 0.1) is 0 Å². The molecule has 0 saturated heterocycles. The van der Waals surface area contributed by atoms with Gasteiger partial charge in [0.25, 0.3) is 0 Å². The molecule has 0 saturated carbocycles. The van der Waals surface area contributed by atoms with E-state index in [1.54, 1.807) is 12.4 Å². The molecule has 0 aliphatic heterocycles. The lowest BCUT2D eigenvalue weighted by atomic mass is 9.97. The molecule has 3 rings (SSSR count). The first-order valence-corrected chi connectivity index (χ1v) is 8.13. The molecule has 24 heavy (non-hydrogen) atoms. The second-order valence-corrected chi connectivity index (χ2v) is 5.93. The molecule has 2 heterocycles. The largest absolute Gasteiger partial charge is 0.324 e. The van der Waals surface area contributed by atoms with Crippen molar-refractivity contribution >= 4 is 0 Å². The van der Waals surface area contributed by atoms with Gasteiger partial charge < -0.3 is 11.5 Å². The van der Waals surface area contributed by atoms with E-state index >= 15 is 0 Å². The third kappa shape index (κ3) is 4.25. The van der Waals surface area contributed by atoms with Gasteiger partial charge in [-0.2, -0.15) is 0 Å². The molecule has 2 aromatic heterocycles. The Morgan fingerprint density at radius 2 is 1.04 bits per heavy atom. The van der Waals surface area contributed by atoms with E-state index in [2.05, 4.69) is 34.2 Å². The van der Waals surface area contributed by atoms with Crippen LogP contribution in [0.1, 0.15) is 34.6 Å². The lowest BCUT2D eigenvalue weighted by Crippen LogP contribution is -2.16. The van der Waals surface area contributed by atoms with Crippen LogP contribution in [-0.2, 0) is 12.8 Å². The van der Waals surface area contributed by atoms with Crippen molar-refractivity contribution < 1.29 is 0 Å². The van der Waals surface area contributed by atoms with Gasteiger partial charge in [-0.15, -0.1) is 0 Å². The third-order valence-electron chi connectivity index (χ3n) is 4.10. The van der Waals surface area contributed by atoms with Crippen LogP contribution in [0.4, 0.5) is 0 Å². The Balaban J connectivity index is 1.64. The number of nitrogens with zero attached hydrogens (tertiary/aromatic N) is 2. The zero-order valence-corrected chi connectivity index (χ0v) is 13.5. The van der Waals surface area contributed by atoms with E-state index in [9.17, 15) is 0 Å². The predicted octanol–water partition coefficient (Wildman–Crippen LogP) is 2.96. The van der Waals surface area contributed by atoms with Crippen LogP contribution in [0.15, 0.2) is 73.1 Å². The van der Waals surface area contributed by atoms with Crippen molar-refractivity contribution in [3.63, 3.8) is 0 Å². The highest BCUT2D eigenvalue weighted by molar-refractivity contribution is 5.28. The number of benzene rings is 1. The number of rotatable bonds is 6. The minimum Gasteiger partial charge on any atom is -0.324 e. The topological polar surface area (TPSA) is 77.8 Å². The average Bonchev–Trinajstić information content (AvgIpc) is 2.63. The number of nitrogens with two attached hydrogens (primary N) is 2. The van der Waals surface area contributed by atoms with Crippen molar-refractivity contribution in [3.05, 3.63) is 95.6 Å². The van der Waals surface area contributed by atoms with Gasteiger partial charge in [-0.05, 0) is 35.4 Å². The fraction of sp³-hybridized carbons (Fsp3) is 0.200. The van der Waals surface area contributed by atoms with Gasteiger partial charge in [-0.1, -0.05) is 36.4 Å². The van der Waals surface area contributed by atoms with Crippen molar-refractivity contribution in [2.24, 2.45) is 11.5 Å². The molecule has 2 unspecified atom stereocenters. The maximum absolute atomic E-state index is 6.30. The summed E-state index contributed by atoms with van der Waals surface area (Å²) in [5.41, 5.74) is 16.8. The zero-order valence-electron chi connectivity index (χ0n) is 13.5. The Morgan fingerprint density at radius 1 is 0.625 bits per heavy atom. The number of hydrogen-bond donors (Lipinski definition) is 2. The summed E-state index contributed by atoms with van der Waals surface area (Å²) in [7, 11) is 0. The van der Waals surface area contributed by atoms with E-state index in [-0.39, 0.29) is 12.1 Å². The highest BCUT2D eigenvalue weighted by Gasteiger charge is 2.11. The lowest BCUT2D eigenvalue weighted by Gasteiger charge is -2.15. The summed E-state index contributed by atoms with van der Waals surface area (Å²) in [4.78, 5) is 8.66. The van der Waals surface area contributed by atoms with E-state index in [0.717, 1.165) is 35.4 Å². The van der Waals surface area contributed by atoms with Gasteiger partial charge >= 0.3 is 0 Å². The molecule has 122 valence electrons. The molecule has 0 aliphatic rings. The van der Waals surface area contributed by atoms with E-state index in [1.807, 2.05) is 36.4 Å². The second-order valence-electron chi connectivity index (χ2n) is 5.93. The molecular formula is C20H22N4. The standard InChI is InChI=1S/C20H22N4/c21-19(13-17-5-1-3-11-23-17)15-7-9-16(10-8-15)20(22)14-18-6-2-4-12-24-18/h1-12,19-20H,13-14,21-22H2. The predicted molar refractivity (Wildman–Crippen MR) is 96.2 cm³/mol. The molecule has 4 heteroatoms. The van der Waals surface area contributed by atoms with Crippen molar-refractivity contribution in [3.8, 4) is 0 Å². The van der Waals surface area contributed by atoms with Gasteiger partial charge in [0.15, 0.2) is 0 Å². The van der Waals surface area contributed by atoms with E-state index in [4.69, 9.17) is 11.5 Å². The summed E-state index contributed by atoms with van der Waals surface area (Å²) >= 11 is 0. The molecule has 0 spiro atoms. The second kappa shape index (κ2) is 7.81. The molecule has 3 aromatic rings. The molecule has 4 nitrogen and oxygen atoms in total. The Labute approximate surface area is 142 Å². The molecule has 0 fully saturated rings. The summed E-state index contributed by atoms with van der Waals surface area (Å²) in [5.74, 6) is 0. The normalized spacial score (nSPS) is 13.4. The summed E-state index contributed by atoms with van der Waals surface area (Å²) < 4.78 is 0. The molecule has 4 N–H and O–H groups in total. The van der Waals surface area contributed by atoms with Crippen LogP contribution in [0.5, 0.6) is 0 Å². The highest BCUT2D eigenvalue weighted by Crippen LogP contribution is 2.20. The van der Waals surface area contributed by atoms with Crippen molar-refractivity contribution in [2.75, 3.05) is 0 Å². The summed E-state index contributed by atoms with van der Waals surface area (Å²) in [5, 5.41) is 0. The SMILES string of the molecule is NC(Cc1ccccn1)c1ccc(C(N)Cc2ccccn2)cc1. The van der Waals surface area contributed by atoms with Crippen LogP contribution < -0.4 is 11.5 Å². The molecular weight excluding hydrogens is 296 g/mol. The summed E-state index contributed by atoms with van der Waals surface area (Å²) in [6, 6.07) is 19.9. The minimum absolute atomic E-state index is 0.0686. The first-order valence-electron chi connectivity index (χ1n) is 8.13. The van der Waals surface area contributed by atoms with Crippen LogP contribution in [0.3, 0.4) is 0 Å². The third-order valence-corrected chi connectivity index (χ3v) is 4.10. The summed E-state index contributed by atoms with van der Waals surface area (Å²) in [6.45, 7) is 0. The van der Waals surface area contributed by atoms with E-state index in [0.29, 0.717) is 0 Å². The Bertz CT molecular complexity index is 675. The van der Waals surface area contributed by atoms with E-state index in [1.165, 1.54) is 0 Å². The highest BCUT2D eigenvalue weighted by atomic mass is 14.7. The van der Waals surface area contributed by atoms with Crippen LogP contribution in [0, 0.1) is 0 Å². The first-order chi connectivity index (χ1) is 11.7. The quantitative estimate of drug-likeness (QED) is 0.732. The van der Waals surface area contributed by atoms with Gasteiger partial charge in [0.2, 0.25) is 0 Å². The maximum Gasteiger partial charge on any atom is 0.0422 e. The molecule has 2 atom stereocenters. The van der Waals surface area contributed by atoms with E-state index < -0.39 is 0 Å². The van der Waals surface area contributed by atoms with Crippen molar-refractivity contribution in [1.82, 2.24) is 9.97 Å². The number of pyridine rings is 2. The molecule has 0 amide bonds. The number of aromatic nitrogens is 2. The molecule has 0 radical (unpaired) electrons. The maximum atomic E-state index is 6.30. The first kappa shape index (κ1) is 16.3. The lowest BCUT2D eigenvalue weighted by molar-refractivity contribution is 0.693. The Hall–Kier alpha value is -2.56. The Morgan fingerprint density at radius 3 is 1.38 bits per heavy atom. The summed E-state index contributed by atoms with van der Waals surface area (Å²) in [6.07, 6.45) is 5.03. The fourth-order valence-electron chi connectivity index (χ4n) is 2.71.